The number of rotatable bonds is 7. The number of methoxy groups -OCH3 is 1. The smallest absolute Gasteiger partial charge is 0.410 e. The van der Waals surface area contributed by atoms with Crippen molar-refractivity contribution < 1.29 is 14.3 Å². The lowest BCUT2D eigenvalue weighted by molar-refractivity contribution is -0.0745. The van der Waals surface area contributed by atoms with Crippen molar-refractivity contribution in [2.24, 2.45) is 17.8 Å². The van der Waals surface area contributed by atoms with Crippen LogP contribution in [0.25, 0.3) is 0 Å². The van der Waals surface area contributed by atoms with E-state index >= 15 is 0 Å². The first-order valence-corrected chi connectivity index (χ1v) is 13.0. The molecule has 6 nitrogen and oxygen atoms in total. The van der Waals surface area contributed by atoms with Gasteiger partial charge in [0.25, 0.3) is 0 Å². The van der Waals surface area contributed by atoms with E-state index < -0.39 is 0 Å². The second-order valence-corrected chi connectivity index (χ2v) is 10.6. The average Bonchev–Trinajstić information content (AvgIpc) is 3.55. The van der Waals surface area contributed by atoms with Crippen molar-refractivity contribution in [3.05, 3.63) is 12.5 Å². The molecule has 4 rings (SSSR count). The van der Waals surface area contributed by atoms with Gasteiger partial charge in [-0.15, -0.1) is 0 Å². The molecule has 0 spiro atoms. The Hall–Kier alpha value is -1.43. The SMILES string of the molecule is C=C(OC1CCC1)N1CC(C)N(C(=O)OC)C2CCC(C(CC)CNC)CC21.CC1CC1. The van der Waals surface area contributed by atoms with Crippen LogP contribution in [0.4, 0.5) is 4.79 Å². The number of carbonyl (C=O) groups is 1. The Morgan fingerprint density at radius 1 is 1.12 bits per heavy atom. The van der Waals surface area contributed by atoms with Gasteiger partial charge in [-0.25, -0.2) is 4.79 Å². The Balaban J connectivity index is 0.000000650. The molecule has 1 heterocycles. The predicted octanol–water partition coefficient (Wildman–Crippen LogP) is 5.00. The quantitative estimate of drug-likeness (QED) is 0.555. The number of nitrogens with zero attached hydrogens (tertiary/aromatic N) is 2. The number of piperazine rings is 1. The fraction of sp³-hybridized carbons (Fsp3) is 0.885. The van der Waals surface area contributed by atoms with Gasteiger partial charge in [-0.3, -0.25) is 4.90 Å². The van der Waals surface area contributed by atoms with Crippen LogP contribution in [0, 0.1) is 17.8 Å². The topological polar surface area (TPSA) is 54.0 Å². The van der Waals surface area contributed by atoms with E-state index in [0.717, 1.165) is 57.0 Å². The fourth-order valence-electron chi connectivity index (χ4n) is 5.61. The molecule has 5 atom stereocenters. The number of ether oxygens (including phenoxy) is 2. The summed E-state index contributed by atoms with van der Waals surface area (Å²) in [5.41, 5.74) is 0. The molecule has 0 radical (unpaired) electrons. The highest BCUT2D eigenvalue weighted by Crippen LogP contribution is 2.41. The minimum absolute atomic E-state index is 0.0891. The molecular formula is C26H47N3O3. The van der Waals surface area contributed by atoms with Crippen molar-refractivity contribution in [2.45, 2.75) is 103 Å². The number of amides is 1. The van der Waals surface area contributed by atoms with Crippen LogP contribution < -0.4 is 5.32 Å². The number of nitrogens with one attached hydrogen (secondary N) is 1. The Morgan fingerprint density at radius 3 is 2.31 bits per heavy atom. The first-order chi connectivity index (χ1) is 15.4. The van der Waals surface area contributed by atoms with Crippen molar-refractivity contribution in [3.8, 4) is 0 Å². The molecule has 0 aromatic rings. The normalized spacial score (nSPS) is 30.9. The van der Waals surface area contributed by atoms with Crippen LogP contribution in [0.5, 0.6) is 0 Å². The maximum Gasteiger partial charge on any atom is 0.410 e. The third-order valence-corrected chi connectivity index (χ3v) is 8.10. The Bertz CT molecular complexity index is 619. The third-order valence-electron chi connectivity index (χ3n) is 8.10. The summed E-state index contributed by atoms with van der Waals surface area (Å²) in [5, 5.41) is 3.37. The highest BCUT2D eigenvalue weighted by molar-refractivity contribution is 5.68. The predicted molar refractivity (Wildman–Crippen MR) is 129 cm³/mol. The third kappa shape index (κ3) is 6.12. The number of hydrogen-bond acceptors (Lipinski definition) is 5. The van der Waals surface area contributed by atoms with E-state index in [1.165, 1.54) is 32.8 Å². The van der Waals surface area contributed by atoms with E-state index in [2.05, 4.69) is 37.6 Å². The highest BCUT2D eigenvalue weighted by Gasteiger charge is 2.47. The maximum atomic E-state index is 12.5. The Labute approximate surface area is 196 Å². The van der Waals surface area contributed by atoms with Crippen LogP contribution >= 0.6 is 0 Å². The van der Waals surface area contributed by atoms with Gasteiger partial charge in [0.1, 0.15) is 6.10 Å². The molecule has 32 heavy (non-hydrogen) atoms. The first-order valence-electron chi connectivity index (χ1n) is 13.0. The van der Waals surface area contributed by atoms with Crippen LogP contribution in [0.1, 0.15) is 78.6 Å². The second-order valence-electron chi connectivity index (χ2n) is 10.6. The summed E-state index contributed by atoms with van der Waals surface area (Å²) in [6, 6.07) is 0.514. The minimum Gasteiger partial charge on any atom is -0.476 e. The Kier molecular flexibility index (Phi) is 9.15. The summed E-state index contributed by atoms with van der Waals surface area (Å²) in [5.74, 6) is 3.21. The summed E-state index contributed by atoms with van der Waals surface area (Å²) in [6.45, 7) is 12.8. The summed E-state index contributed by atoms with van der Waals surface area (Å²) >= 11 is 0. The van der Waals surface area contributed by atoms with Crippen LogP contribution in [0.3, 0.4) is 0 Å². The van der Waals surface area contributed by atoms with Gasteiger partial charge in [0.15, 0.2) is 5.88 Å². The van der Waals surface area contributed by atoms with Crippen LogP contribution in [0.2, 0.25) is 0 Å². The van der Waals surface area contributed by atoms with Gasteiger partial charge in [-0.1, -0.05) is 33.1 Å². The number of carbonyl (C=O) groups excluding carboxylic acids is 1. The van der Waals surface area contributed by atoms with E-state index in [1.54, 1.807) is 0 Å². The second kappa shape index (κ2) is 11.6. The average molecular weight is 450 g/mol. The summed E-state index contributed by atoms with van der Waals surface area (Å²) in [6.07, 6.45) is 11.0. The first kappa shape index (κ1) is 25.2. The zero-order valence-corrected chi connectivity index (χ0v) is 21.1. The van der Waals surface area contributed by atoms with Gasteiger partial charge in [-0.05, 0) is 83.4 Å². The van der Waals surface area contributed by atoms with E-state index in [9.17, 15) is 4.79 Å². The van der Waals surface area contributed by atoms with Gasteiger partial charge in [0.05, 0.1) is 25.2 Å². The lowest BCUT2D eigenvalue weighted by atomic mass is 9.72. The van der Waals surface area contributed by atoms with Crippen molar-refractivity contribution >= 4 is 6.09 Å². The van der Waals surface area contributed by atoms with E-state index in [-0.39, 0.29) is 24.2 Å². The number of hydrogen-bond donors (Lipinski definition) is 1. The monoisotopic (exact) mass is 449 g/mol. The summed E-state index contributed by atoms with van der Waals surface area (Å²) < 4.78 is 11.3. The molecule has 4 aliphatic rings. The lowest BCUT2D eigenvalue weighted by Gasteiger charge is -2.55. The van der Waals surface area contributed by atoms with Crippen molar-refractivity contribution in [1.29, 1.82) is 0 Å². The molecule has 1 saturated heterocycles. The van der Waals surface area contributed by atoms with Crippen LogP contribution in [-0.4, -0.2) is 67.4 Å². The molecule has 5 unspecified atom stereocenters. The van der Waals surface area contributed by atoms with Crippen molar-refractivity contribution in [1.82, 2.24) is 15.1 Å². The standard InChI is InChI=1S/C22H39N3O3.C4H8/c1-6-17(13-23-4)18-10-11-20-21(12-18)24(16(3)28-19-8-7-9-19)14-15(2)25(20)22(26)27-5;1-4-2-3-4/h15,17-21,23H,3,6-14H2,1-2,4-5H3;4H,2-3H2,1H3. The van der Waals surface area contributed by atoms with Crippen LogP contribution in [-0.2, 0) is 9.47 Å². The fourth-order valence-corrected chi connectivity index (χ4v) is 5.61. The summed E-state index contributed by atoms with van der Waals surface area (Å²) in [4.78, 5) is 16.9. The van der Waals surface area contributed by atoms with Gasteiger partial charge < -0.3 is 19.7 Å². The van der Waals surface area contributed by atoms with Crippen molar-refractivity contribution in [3.63, 3.8) is 0 Å². The molecule has 1 amide bonds. The molecule has 184 valence electrons. The molecular weight excluding hydrogens is 402 g/mol. The molecule has 4 fully saturated rings. The van der Waals surface area contributed by atoms with E-state index in [1.807, 2.05) is 11.9 Å². The maximum absolute atomic E-state index is 12.5. The van der Waals surface area contributed by atoms with Gasteiger partial charge in [-0.2, -0.15) is 0 Å². The van der Waals surface area contributed by atoms with Crippen LogP contribution in [0.15, 0.2) is 12.5 Å². The van der Waals surface area contributed by atoms with Crippen molar-refractivity contribution in [2.75, 3.05) is 27.2 Å². The van der Waals surface area contributed by atoms with E-state index in [0.29, 0.717) is 17.9 Å². The zero-order valence-electron chi connectivity index (χ0n) is 21.1. The van der Waals surface area contributed by atoms with Gasteiger partial charge in [0.2, 0.25) is 0 Å². The molecule has 0 bridgehead atoms. The summed E-state index contributed by atoms with van der Waals surface area (Å²) in [7, 11) is 3.52. The number of fused-ring (bicyclic) bond motifs is 1. The molecule has 1 N–H and O–H groups in total. The lowest BCUT2D eigenvalue weighted by Crippen LogP contribution is -2.66. The molecule has 3 aliphatic carbocycles. The minimum atomic E-state index is -0.201. The Morgan fingerprint density at radius 2 is 1.81 bits per heavy atom. The molecule has 3 saturated carbocycles. The largest absolute Gasteiger partial charge is 0.476 e. The zero-order chi connectivity index (χ0) is 23.3. The molecule has 0 aromatic carbocycles. The van der Waals surface area contributed by atoms with Gasteiger partial charge >= 0.3 is 6.09 Å². The highest BCUT2D eigenvalue weighted by atomic mass is 16.5. The van der Waals surface area contributed by atoms with E-state index in [4.69, 9.17) is 9.47 Å². The molecule has 6 heteroatoms. The van der Waals surface area contributed by atoms with Gasteiger partial charge in [0, 0.05) is 6.54 Å². The molecule has 1 aliphatic heterocycles. The molecule has 0 aromatic heterocycles.